The van der Waals surface area contributed by atoms with Gasteiger partial charge in [0.1, 0.15) is 18.1 Å². The fourth-order valence-electron chi connectivity index (χ4n) is 3.45. The fraction of sp³-hybridized carbons (Fsp3) is 0.304. The molecule has 4 rings (SSSR count). The molecule has 1 saturated heterocycles. The topological polar surface area (TPSA) is 58.8 Å². The van der Waals surface area contributed by atoms with Gasteiger partial charge in [0.15, 0.2) is 5.76 Å². The number of pyridine rings is 1. The van der Waals surface area contributed by atoms with Crippen LogP contribution < -0.4 is 4.74 Å². The van der Waals surface area contributed by atoms with Crippen molar-refractivity contribution in [2.24, 2.45) is 0 Å². The Morgan fingerprint density at radius 3 is 2.66 bits per heavy atom. The summed E-state index contributed by atoms with van der Waals surface area (Å²) in [7, 11) is 0. The number of amides is 1. The SMILES string of the molecule is Cc1ccccc1OCc1ccc(C(=O)N2CCN(Cc3cccnc3)CC2)o1. The highest BCUT2D eigenvalue weighted by molar-refractivity contribution is 5.91. The van der Waals surface area contributed by atoms with E-state index < -0.39 is 0 Å². The van der Waals surface area contributed by atoms with E-state index in [0.717, 1.165) is 30.9 Å². The quantitative estimate of drug-likeness (QED) is 0.643. The second-order valence-electron chi connectivity index (χ2n) is 7.25. The highest BCUT2D eigenvalue weighted by Crippen LogP contribution is 2.19. The Morgan fingerprint density at radius 2 is 1.90 bits per heavy atom. The molecule has 0 unspecified atom stereocenters. The van der Waals surface area contributed by atoms with Gasteiger partial charge in [-0.05, 0) is 42.3 Å². The molecule has 2 aromatic heterocycles. The predicted octanol–water partition coefficient (Wildman–Crippen LogP) is 3.52. The molecule has 6 nitrogen and oxygen atoms in total. The second kappa shape index (κ2) is 8.92. The number of furan rings is 1. The summed E-state index contributed by atoms with van der Waals surface area (Å²) in [6.45, 7) is 6.22. The predicted molar refractivity (Wildman–Crippen MR) is 110 cm³/mol. The van der Waals surface area contributed by atoms with Crippen molar-refractivity contribution >= 4 is 5.91 Å². The fourth-order valence-corrected chi connectivity index (χ4v) is 3.45. The van der Waals surface area contributed by atoms with Gasteiger partial charge in [-0.25, -0.2) is 0 Å². The third-order valence-corrected chi connectivity index (χ3v) is 5.12. The van der Waals surface area contributed by atoms with Crippen molar-refractivity contribution in [1.29, 1.82) is 0 Å². The van der Waals surface area contributed by atoms with E-state index in [4.69, 9.17) is 9.15 Å². The molecule has 1 aliphatic heterocycles. The highest BCUT2D eigenvalue weighted by atomic mass is 16.5. The number of aromatic nitrogens is 1. The molecule has 1 fully saturated rings. The van der Waals surface area contributed by atoms with Gasteiger partial charge in [0, 0.05) is 45.1 Å². The molecule has 6 heteroatoms. The van der Waals surface area contributed by atoms with Gasteiger partial charge >= 0.3 is 0 Å². The Bertz CT molecular complexity index is 947. The first kappa shape index (κ1) is 19.2. The summed E-state index contributed by atoms with van der Waals surface area (Å²) in [5, 5.41) is 0. The lowest BCUT2D eigenvalue weighted by Crippen LogP contribution is -2.48. The minimum absolute atomic E-state index is 0.0619. The second-order valence-corrected chi connectivity index (χ2v) is 7.25. The summed E-state index contributed by atoms with van der Waals surface area (Å²) in [5.41, 5.74) is 2.26. The minimum Gasteiger partial charge on any atom is -0.485 e. The van der Waals surface area contributed by atoms with Crippen LogP contribution in [0.2, 0.25) is 0 Å². The van der Waals surface area contributed by atoms with E-state index in [0.29, 0.717) is 31.2 Å². The Morgan fingerprint density at radius 1 is 1.07 bits per heavy atom. The number of hydrogen-bond acceptors (Lipinski definition) is 5. The number of benzene rings is 1. The van der Waals surface area contributed by atoms with Gasteiger partial charge in [-0.3, -0.25) is 14.7 Å². The highest BCUT2D eigenvalue weighted by Gasteiger charge is 2.24. The largest absolute Gasteiger partial charge is 0.485 e. The molecule has 1 aromatic carbocycles. The van der Waals surface area contributed by atoms with Gasteiger partial charge in [0.05, 0.1) is 0 Å². The Kier molecular flexibility index (Phi) is 5.91. The van der Waals surface area contributed by atoms with Crippen LogP contribution in [0.15, 0.2) is 65.3 Å². The Labute approximate surface area is 170 Å². The molecule has 0 bridgehead atoms. The summed E-state index contributed by atoms with van der Waals surface area (Å²) >= 11 is 0. The molecule has 150 valence electrons. The van der Waals surface area contributed by atoms with Crippen LogP contribution >= 0.6 is 0 Å². The number of para-hydroxylation sites is 1. The molecule has 29 heavy (non-hydrogen) atoms. The van der Waals surface area contributed by atoms with Crippen molar-refractivity contribution in [1.82, 2.24) is 14.8 Å². The van der Waals surface area contributed by atoms with Crippen LogP contribution in [0.5, 0.6) is 5.75 Å². The molecular weight excluding hydrogens is 366 g/mol. The number of nitrogens with zero attached hydrogens (tertiary/aromatic N) is 3. The number of ether oxygens (including phenoxy) is 1. The lowest BCUT2D eigenvalue weighted by Gasteiger charge is -2.34. The molecule has 0 N–H and O–H groups in total. The van der Waals surface area contributed by atoms with Crippen molar-refractivity contribution in [3.63, 3.8) is 0 Å². The van der Waals surface area contributed by atoms with Gasteiger partial charge in [0.25, 0.3) is 5.91 Å². The third-order valence-electron chi connectivity index (χ3n) is 5.12. The maximum absolute atomic E-state index is 12.8. The number of carbonyl (C=O) groups is 1. The first-order valence-corrected chi connectivity index (χ1v) is 9.87. The molecule has 0 atom stereocenters. The smallest absolute Gasteiger partial charge is 0.289 e. The molecule has 0 saturated carbocycles. The van der Waals surface area contributed by atoms with Gasteiger partial charge < -0.3 is 14.1 Å². The summed E-state index contributed by atoms with van der Waals surface area (Å²) < 4.78 is 11.5. The number of piperazine rings is 1. The zero-order chi connectivity index (χ0) is 20.1. The van der Waals surface area contributed by atoms with Crippen LogP contribution in [-0.4, -0.2) is 46.9 Å². The van der Waals surface area contributed by atoms with Crippen molar-refractivity contribution in [3.05, 3.63) is 83.6 Å². The van der Waals surface area contributed by atoms with E-state index in [-0.39, 0.29) is 5.91 Å². The Hall–Kier alpha value is -3.12. The lowest BCUT2D eigenvalue weighted by molar-refractivity contribution is 0.0594. The minimum atomic E-state index is -0.0619. The van der Waals surface area contributed by atoms with Crippen molar-refractivity contribution < 1.29 is 13.9 Å². The summed E-state index contributed by atoms with van der Waals surface area (Å²) in [4.78, 5) is 21.1. The maximum Gasteiger partial charge on any atom is 0.289 e. The standard InChI is InChI=1S/C23H25N3O3/c1-18-5-2-3-7-21(18)28-17-20-8-9-22(29-20)23(27)26-13-11-25(12-14-26)16-19-6-4-10-24-15-19/h2-10,15H,11-14,16-17H2,1H3. The molecule has 0 radical (unpaired) electrons. The van der Waals surface area contributed by atoms with E-state index in [1.54, 1.807) is 12.3 Å². The van der Waals surface area contributed by atoms with E-state index in [9.17, 15) is 4.79 Å². The normalized spacial score (nSPS) is 14.7. The van der Waals surface area contributed by atoms with Crippen molar-refractivity contribution in [2.45, 2.75) is 20.1 Å². The first-order chi connectivity index (χ1) is 14.2. The number of carbonyl (C=O) groups excluding carboxylic acids is 1. The molecule has 1 amide bonds. The van der Waals surface area contributed by atoms with Gasteiger partial charge in [-0.2, -0.15) is 0 Å². The molecule has 0 spiro atoms. The maximum atomic E-state index is 12.8. The van der Waals surface area contributed by atoms with Crippen LogP contribution in [0, 0.1) is 6.92 Å². The molecule has 3 heterocycles. The monoisotopic (exact) mass is 391 g/mol. The summed E-state index contributed by atoms with van der Waals surface area (Å²) in [5.74, 6) is 1.77. The zero-order valence-corrected chi connectivity index (χ0v) is 16.6. The van der Waals surface area contributed by atoms with Crippen LogP contribution in [0.1, 0.15) is 27.4 Å². The Balaban J connectivity index is 1.29. The average molecular weight is 391 g/mol. The van der Waals surface area contributed by atoms with E-state index in [2.05, 4.69) is 16.0 Å². The van der Waals surface area contributed by atoms with E-state index in [1.807, 2.05) is 54.4 Å². The number of rotatable bonds is 6. The van der Waals surface area contributed by atoms with Crippen LogP contribution in [-0.2, 0) is 13.2 Å². The van der Waals surface area contributed by atoms with Crippen LogP contribution in [0.25, 0.3) is 0 Å². The first-order valence-electron chi connectivity index (χ1n) is 9.87. The summed E-state index contributed by atoms with van der Waals surface area (Å²) in [6, 6.07) is 15.4. The molecule has 1 aliphatic rings. The van der Waals surface area contributed by atoms with E-state index >= 15 is 0 Å². The lowest BCUT2D eigenvalue weighted by atomic mass is 10.2. The van der Waals surface area contributed by atoms with Crippen LogP contribution in [0.4, 0.5) is 0 Å². The third kappa shape index (κ3) is 4.84. The number of hydrogen-bond donors (Lipinski definition) is 0. The van der Waals surface area contributed by atoms with E-state index in [1.165, 1.54) is 5.56 Å². The number of aryl methyl sites for hydroxylation is 1. The van der Waals surface area contributed by atoms with Gasteiger partial charge in [0.2, 0.25) is 0 Å². The molecule has 0 aliphatic carbocycles. The summed E-state index contributed by atoms with van der Waals surface area (Å²) in [6.07, 6.45) is 3.67. The van der Waals surface area contributed by atoms with Crippen molar-refractivity contribution in [2.75, 3.05) is 26.2 Å². The van der Waals surface area contributed by atoms with Crippen molar-refractivity contribution in [3.8, 4) is 5.75 Å². The zero-order valence-electron chi connectivity index (χ0n) is 16.6. The van der Waals surface area contributed by atoms with Gasteiger partial charge in [-0.1, -0.05) is 24.3 Å². The molecule has 3 aromatic rings. The molecular formula is C23H25N3O3. The average Bonchev–Trinajstić information content (AvgIpc) is 3.23. The van der Waals surface area contributed by atoms with Crippen LogP contribution in [0.3, 0.4) is 0 Å². The van der Waals surface area contributed by atoms with Gasteiger partial charge in [-0.15, -0.1) is 0 Å².